The van der Waals surface area contributed by atoms with E-state index in [9.17, 15) is 18.0 Å². The van der Waals surface area contributed by atoms with Crippen LogP contribution in [0.5, 0.6) is 0 Å². The van der Waals surface area contributed by atoms with Crippen LogP contribution >= 0.6 is 11.5 Å². The summed E-state index contributed by atoms with van der Waals surface area (Å²) < 4.78 is 40.6. The van der Waals surface area contributed by atoms with E-state index in [2.05, 4.69) is 14.3 Å². The van der Waals surface area contributed by atoms with Gasteiger partial charge in [0.2, 0.25) is 5.01 Å². The van der Waals surface area contributed by atoms with Gasteiger partial charge in [-0.25, -0.2) is 9.78 Å². The first-order valence-electron chi connectivity index (χ1n) is 4.48. The summed E-state index contributed by atoms with van der Waals surface area (Å²) in [5.41, 5.74) is -0.799. The van der Waals surface area contributed by atoms with Gasteiger partial charge in [-0.15, -0.1) is 0 Å². The molecular formula is C9H4F3N3O2S. The second-order valence-corrected chi connectivity index (χ2v) is 3.91. The number of aromatic carboxylic acids is 1. The molecule has 0 atom stereocenters. The summed E-state index contributed by atoms with van der Waals surface area (Å²) in [6.07, 6.45) is -3.82. The number of alkyl halides is 3. The fourth-order valence-corrected chi connectivity index (χ4v) is 1.62. The summed E-state index contributed by atoms with van der Waals surface area (Å²) in [5.74, 6) is -1.25. The van der Waals surface area contributed by atoms with Crippen molar-refractivity contribution in [2.24, 2.45) is 0 Å². The second kappa shape index (κ2) is 4.33. The number of carboxylic acid groups (broad SMARTS) is 1. The predicted molar refractivity (Wildman–Crippen MR) is 55.1 cm³/mol. The normalized spacial score (nSPS) is 11.5. The van der Waals surface area contributed by atoms with Gasteiger partial charge in [-0.05, 0) is 23.7 Å². The van der Waals surface area contributed by atoms with Gasteiger partial charge >= 0.3 is 12.1 Å². The number of halogens is 3. The molecule has 18 heavy (non-hydrogen) atoms. The van der Waals surface area contributed by atoms with E-state index in [1.165, 1.54) is 0 Å². The maximum atomic E-state index is 12.3. The molecule has 2 aromatic rings. The highest BCUT2D eigenvalue weighted by molar-refractivity contribution is 7.07. The summed E-state index contributed by atoms with van der Waals surface area (Å²) >= 11 is 0.639. The number of nitrogens with zero attached hydrogens (tertiary/aromatic N) is 3. The Kier molecular flexibility index (Phi) is 2.99. The maximum Gasteiger partial charge on any atom is 0.417 e. The number of pyridine rings is 1. The molecular weight excluding hydrogens is 271 g/mol. The largest absolute Gasteiger partial charge is 0.476 e. The molecule has 0 aromatic carbocycles. The molecule has 2 aromatic heterocycles. The minimum Gasteiger partial charge on any atom is -0.476 e. The third-order valence-corrected chi connectivity index (χ3v) is 2.63. The molecule has 0 aliphatic rings. The molecule has 0 unspecified atom stereocenters. The molecule has 0 radical (unpaired) electrons. The van der Waals surface area contributed by atoms with Crippen LogP contribution in [0.3, 0.4) is 0 Å². The van der Waals surface area contributed by atoms with Crippen LogP contribution in [-0.2, 0) is 6.18 Å². The zero-order valence-electron chi connectivity index (χ0n) is 8.47. The van der Waals surface area contributed by atoms with E-state index in [0.717, 1.165) is 12.1 Å². The van der Waals surface area contributed by atoms with E-state index in [-0.39, 0.29) is 16.5 Å². The number of carboxylic acids is 1. The van der Waals surface area contributed by atoms with E-state index in [0.29, 0.717) is 17.7 Å². The van der Waals surface area contributed by atoms with Gasteiger partial charge in [-0.3, -0.25) is 4.98 Å². The number of hydrogen-bond donors (Lipinski definition) is 1. The summed E-state index contributed by atoms with van der Waals surface area (Å²) in [6, 6.07) is 1.93. The van der Waals surface area contributed by atoms with Crippen LogP contribution in [0.25, 0.3) is 11.5 Å². The summed E-state index contributed by atoms with van der Waals surface area (Å²) in [5, 5.41) is 8.39. The van der Waals surface area contributed by atoms with Crippen LogP contribution in [0.1, 0.15) is 15.4 Å². The molecule has 0 saturated heterocycles. The summed E-state index contributed by atoms with van der Waals surface area (Å²) in [7, 11) is 0. The number of rotatable bonds is 2. The van der Waals surface area contributed by atoms with Gasteiger partial charge in [-0.2, -0.15) is 17.5 Å². The smallest absolute Gasteiger partial charge is 0.417 e. The number of carbonyl (C=O) groups is 1. The van der Waals surface area contributed by atoms with E-state index in [1.54, 1.807) is 0 Å². The summed E-state index contributed by atoms with van der Waals surface area (Å²) in [4.78, 5) is 17.8. The molecule has 0 aliphatic heterocycles. The van der Waals surface area contributed by atoms with E-state index in [4.69, 9.17) is 5.11 Å². The van der Waals surface area contributed by atoms with Crippen LogP contribution in [0.15, 0.2) is 18.3 Å². The standard InChI is InChI=1S/C9H4F3N3O2S/c10-9(11,12)4-1-2-5(13-3-4)6-14-7(8(16)17)18-15-6/h1-3H,(H,16,17). The van der Waals surface area contributed by atoms with Gasteiger partial charge < -0.3 is 5.11 Å². The Morgan fingerprint density at radius 1 is 1.33 bits per heavy atom. The quantitative estimate of drug-likeness (QED) is 0.910. The lowest BCUT2D eigenvalue weighted by molar-refractivity contribution is -0.137. The van der Waals surface area contributed by atoms with Crippen molar-refractivity contribution < 1.29 is 23.1 Å². The first-order chi connectivity index (χ1) is 8.38. The first kappa shape index (κ1) is 12.4. The van der Waals surface area contributed by atoms with Gasteiger partial charge in [0.15, 0.2) is 5.82 Å². The third kappa shape index (κ3) is 2.45. The molecule has 0 spiro atoms. The molecule has 0 saturated carbocycles. The topological polar surface area (TPSA) is 76.0 Å². The maximum absolute atomic E-state index is 12.3. The van der Waals surface area contributed by atoms with Crippen molar-refractivity contribution in [2.45, 2.75) is 6.18 Å². The molecule has 2 rings (SSSR count). The van der Waals surface area contributed by atoms with E-state index in [1.807, 2.05) is 0 Å². The molecule has 0 aliphatic carbocycles. The third-order valence-electron chi connectivity index (χ3n) is 1.93. The highest BCUT2D eigenvalue weighted by Gasteiger charge is 2.30. The average Bonchev–Trinajstić information content (AvgIpc) is 2.77. The van der Waals surface area contributed by atoms with Crippen LogP contribution in [-0.4, -0.2) is 25.4 Å². The molecule has 0 bridgehead atoms. The Balaban J connectivity index is 2.31. The predicted octanol–water partition coefficient (Wildman–Crippen LogP) is 2.32. The van der Waals surface area contributed by atoms with Crippen molar-refractivity contribution in [2.75, 3.05) is 0 Å². The van der Waals surface area contributed by atoms with E-state index < -0.39 is 17.7 Å². The first-order valence-corrected chi connectivity index (χ1v) is 5.26. The molecule has 9 heteroatoms. The van der Waals surface area contributed by atoms with Crippen LogP contribution < -0.4 is 0 Å². The van der Waals surface area contributed by atoms with Crippen molar-refractivity contribution in [3.05, 3.63) is 28.9 Å². The molecule has 0 fully saturated rings. The Bertz CT molecular complexity index is 579. The number of aromatic nitrogens is 3. The van der Waals surface area contributed by atoms with Gasteiger partial charge in [0.25, 0.3) is 0 Å². The van der Waals surface area contributed by atoms with Crippen molar-refractivity contribution in [3.8, 4) is 11.5 Å². The van der Waals surface area contributed by atoms with Crippen molar-refractivity contribution in [1.82, 2.24) is 14.3 Å². The highest BCUT2D eigenvalue weighted by Crippen LogP contribution is 2.29. The Morgan fingerprint density at radius 2 is 2.06 bits per heavy atom. The van der Waals surface area contributed by atoms with Crippen molar-refractivity contribution in [3.63, 3.8) is 0 Å². The lowest BCUT2D eigenvalue weighted by Gasteiger charge is -2.05. The van der Waals surface area contributed by atoms with Crippen LogP contribution in [0.2, 0.25) is 0 Å². The fourth-order valence-electron chi connectivity index (χ4n) is 1.11. The lowest BCUT2D eigenvalue weighted by Crippen LogP contribution is -2.05. The zero-order chi connectivity index (χ0) is 13.3. The van der Waals surface area contributed by atoms with Crippen molar-refractivity contribution >= 4 is 17.5 Å². The average molecular weight is 275 g/mol. The number of hydrogen-bond acceptors (Lipinski definition) is 5. The lowest BCUT2D eigenvalue weighted by atomic mass is 10.2. The molecule has 1 N–H and O–H groups in total. The fraction of sp³-hybridized carbons (Fsp3) is 0.111. The highest BCUT2D eigenvalue weighted by atomic mass is 32.1. The Labute approximate surface area is 102 Å². The Hall–Kier alpha value is -2.03. The van der Waals surface area contributed by atoms with Gasteiger partial charge in [0.1, 0.15) is 5.69 Å². The Morgan fingerprint density at radius 3 is 2.50 bits per heavy atom. The van der Waals surface area contributed by atoms with E-state index >= 15 is 0 Å². The van der Waals surface area contributed by atoms with Gasteiger partial charge in [-0.1, -0.05) is 0 Å². The SMILES string of the molecule is O=C(O)c1nc(-c2ccc(C(F)(F)F)cn2)ns1. The van der Waals surface area contributed by atoms with Crippen molar-refractivity contribution in [1.29, 1.82) is 0 Å². The van der Waals surface area contributed by atoms with Crippen LogP contribution in [0.4, 0.5) is 13.2 Å². The molecule has 5 nitrogen and oxygen atoms in total. The molecule has 0 amide bonds. The minimum atomic E-state index is -4.47. The summed E-state index contributed by atoms with van der Waals surface area (Å²) in [6.45, 7) is 0. The zero-order valence-corrected chi connectivity index (χ0v) is 9.29. The monoisotopic (exact) mass is 275 g/mol. The van der Waals surface area contributed by atoms with Gasteiger partial charge in [0, 0.05) is 6.20 Å². The molecule has 94 valence electrons. The van der Waals surface area contributed by atoms with Crippen LogP contribution in [0, 0.1) is 0 Å². The second-order valence-electron chi connectivity index (χ2n) is 3.16. The van der Waals surface area contributed by atoms with Gasteiger partial charge in [0.05, 0.1) is 5.56 Å². The minimum absolute atomic E-state index is 0.00822. The molecule has 2 heterocycles.